The number of carbonyl (C=O) groups is 1. The summed E-state index contributed by atoms with van der Waals surface area (Å²) in [4.78, 5) is 31.8. The average molecular weight is 344 g/mol. The summed E-state index contributed by atoms with van der Waals surface area (Å²) in [6.45, 7) is 2.45. The van der Waals surface area contributed by atoms with Gasteiger partial charge in [-0.2, -0.15) is 0 Å². The number of benzene rings is 1. The van der Waals surface area contributed by atoms with Crippen LogP contribution in [0.5, 0.6) is 0 Å². The Morgan fingerprint density at radius 2 is 2.04 bits per heavy atom. The van der Waals surface area contributed by atoms with Gasteiger partial charge in [0, 0.05) is 19.1 Å². The summed E-state index contributed by atoms with van der Waals surface area (Å²) < 4.78 is 5.56. The van der Waals surface area contributed by atoms with Crippen molar-refractivity contribution in [3.05, 3.63) is 34.2 Å². The van der Waals surface area contributed by atoms with E-state index in [1.165, 1.54) is 25.7 Å². The molecular weight excluding hydrogens is 320 g/mol. The SMILES string of the molecule is O=C(NCc1ccc2[nH]c(=O)[nH]c2c1)C1COCCN1C1CCCC1. The normalized spacial score (nSPS) is 22.5. The number of H-pyrrole nitrogens is 2. The van der Waals surface area contributed by atoms with Crippen molar-refractivity contribution < 1.29 is 9.53 Å². The summed E-state index contributed by atoms with van der Waals surface area (Å²) in [6, 6.07) is 5.97. The van der Waals surface area contributed by atoms with Gasteiger partial charge >= 0.3 is 5.69 Å². The lowest BCUT2D eigenvalue weighted by Gasteiger charge is -2.38. The number of fused-ring (bicyclic) bond motifs is 1. The summed E-state index contributed by atoms with van der Waals surface area (Å²) in [5.41, 5.74) is 2.27. The fraction of sp³-hybridized carbons (Fsp3) is 0.556. The third kappa shape index (κ3) is 3.48. The fourth-order valence-electron chi connectivity index (χ4n) is 4.01. The van der Waals surface area contributed by atoms with Crippen LogP contribution in [-0.2, 0) is 16.1 Å². The maximum atomic E-state index is 12.7. The molecule has 7 nitrogen and oxygen atoms in total. The number of aromatic nitrogens is 2. The summed E-state index contributed by atoms with van der Waals surface area (Å²) in [6.07, 6.45) is 4.87. The molecule has 134 valence electrons. The van der Waals surface area contributed by atoms with Gasteiger partial charge in [0.05, 0.1) is 24.2 Å². The topological polar surface area (TPSA) is 90.2 Å². The standard InChI is InChI=1S/C18H24N4O3/c23-17(16-11-25-8-7-22(16)13-3-1-2-4-13)19-10-12-5-6-14-15(9-12)21-18(24)20-14/h5-6,9,13,16H,1-4,7-8,10-11H2,(H,19,23)(H2,20,21,24). The van der Waals surface area contributed by atoms with Gasteiger partial charge in [0.1, 0.15) is 6.04 Å². The molecule has 0 radical (unpaired) electrons. The average Bonchev–Trinajstić information content (AvgIpc) is 3.28. The second-order valence-electron chi connectivity index (χ2n) is 6.94. The molecule has 1 atom stereocenters. The van der Waals surface area contributed by atoms with Crippen LogP contribution in [0.15, 0.2) is 23.0 Å². The first-order valence-electron chi connectivity index (χ1n) is 9.03. The van der Waals surface area contributed by atoms with E-state index in [2.05, 4.69) is 20.2 Å². The molecule has 1 saturated heterocycles. The highest BCUT2D eigenvalue weighted by Gasteiger charge is 2.35. The van der Waals surface area contributed by atoms with Gasteiger partial charge in [0.25, 0.3) is 0 Å². The Morgan fingerprint density at radius 3 is 2.88 bits per heavy atom. The fourth-order valence-corrected chi connectivity index (χ4v) is 4.01. The Labute approximate surface area is 145 Å². The van der Waals surface area contributed by atoms with Crippen molar-refractivity contribution in [2.45, 2.75) is 44.3 Å². The Balaban J connectivity index is 1.41. The molecule has 7 heteroatoms. The second-order valence-corrected chi connectivity index (χ2v) is 6.94. The van der Waals surface area contributed by atoms with Crippen LogP contribution in [0.25, 0.3) is 11.0 Å². The molecule has 25 heavy (non-hydrogen) atoms. The lowest BCUT2D eigenvalue weighted by atomic mass is 10.1. The van der Waals surface area contributed by atoms with Crippen LogP contribution in [-0.4, -0.2) is 52.6 Å². The zero-order chi connectivity index (χ0) is 17.2. The van der Waals surface area contributed by atoms with Gasteiger partial charge in [0.15, 0.2) is 0 Å². The van der Waals surface area contributed by atoms with Crippen molar-refractivity contribution in [1.82, 2.24) is 20.2 Å². The van der Waals surface area contributed by atoms with E-state index in [9.17, 15) is 9.59 Å². The molecule has 1 amide bonds. The predicted octanol–water partition coefficient (Wildman–Crippen LogP) is 1.12. The summed E-state index contributed by atoms with van der Waals surface area (Å²) in [5.74, 6) is 0.0225. The highest BCUT2D eigenvalue weighted by atomic mass is 16.5. The molecule has 0 spiro atoms. The van der Waals surface area contributed by atoms with Crippen LogP contribution < -0.4 is 11.0 Å². The van der Waals surface area contributed by atoms with Gasteiger partial charge in [0.2, 0.25) is 5.91 Å². The van der Waals surface area contributed by atoms with E-state index >= 15 is 0 Å². The zero-order valence-corrected chi connectivity index (χ0v) is 14.2. The van der Waals surface area contributed by atoms with Crippen LogP contribution in [0.1, 0.15) is 31.2 Å². The third-order valence-corrected chi connectivity index (χ3v) is 5.31. The van der Waals surface area contributed by atoms with Gasteiger partial charge < -0.3 is 20.0 Å². The molecule has 1 aliphatic heterocycles. The largest absolute Gasteiger partial charge is 0.378 e. The molecule has 2 aliphatic rings. The van der Waals surface area contributed by atoms with Crippen LogP contribution in [0.3, 0.4) is 0 Å². The monoisotopic (exact) mass is 344 g/mol. The van der Waals surface area contributed by atoms with Crippen molar-refractivity contribution in [1.29, 1.82) is 0 Å². The van der Waals surface area contributed by atoms with Crippen molar-refractivity contribution in [3.63, 3.8) is 0 Å². The number of nitrogens with zero attached hydrogens (tertiary/aromatic N) is 1. The van der Waals surface area contributed by atoms with Gasteiger partial charge in [-0.25, -0.2) is 4.79 Å². The molecule has 4 rings (SSSR count). The summed E-state index contributed by atoms with van der Waals surface area (Å²) in [5, 5.41) is 3.03. The zero-order valence-electron chi connectivity index (χ0n) is 14.2. The lowest BCUT2D eigenvalue weighted by Crippen LogP contribution is -2.56. The molecule has 0 bridgehead atoms. The number of aromatic amines is 2. The second kappa shape index (κ2) is 7.01. The first-order valence-corrected chi connectivity index (χ1v) is 9.03. The number of rotatable bonds is 4. The quantitative estimate of drug-likeness (QED) is 0.775. The van der Waals surface area contributed by atoms with E-state index in [1.807, 2.05) is 18.2 Å². The first kappa shape index (κ1) is 16.4. The Morgan fingerprint density at radius 1 is 1.24 bits per heavy atom. The van der Waals surface area contributed by atoms with Gasteiger partial charge in [-0.1, -0.05) is 18.9 Å². The van der Waals surface area contributed by atoms with E-state index in [1.54, 1.807) is 0 Å². The minimum absolute atomic E-state index is 0.0225. The van der Waals surface area contributed by atoms with Gasteiger partial charge in [-0.15, -0.1) is 0 Å². The first-order chi connectivity index (χ1) is 12.2. The van der Waals surface area contributed by atoms with Crippen LogP contribution in [0, 0.1) is 0 Å². The van der Waals surface area contributed by atoms with Crippen molar-refractivity contribution in [3.8, 4) is 0 Å². The number of hydrogen-bond acceptors (Lipinski definition) is 4. The third-order valence-electron chi connectivity index (χ3n) is 5.31. The molecule has 2 fully saturated rings. The number of hydrogen-bond donors (Lipinski definition) is 3. The Bertz CT molecular complexity index is 806. The van der Waals surface area contributed by atoms with Crippen LogP contribution in [0.4, 0.5) is 0 Å². The predicted molar refractivity (Wildman–Crippen MR) is 94.3 cm³/mol. The van der Waals surface area contributed by atoms with E-state index in [0.717, 1.165) is 23.1 Å². The highest BCUT2D eigenvalue weighted by molar-refractivity contribution is 5.82. The van der Waals surface area contributed by atoms with E-state index in [0.29, 0.717) is 25.8 Å². The highest BCUT2D eigenvalue weighted by Crippen LogP contribution is 2.26. The van der Waals surface area contributed by atoms with Gasteiger partial charge in [-0.05, 0) is 30.5 Å². The number of amides is 1. The smallest absolute Gasteiger partial charge is 0.323 e. The number of nitrogens with one attached hydrogen (secondary N) is 3. The van der Waals surface area contributed by atoms with Crippen molar-refractivity contribution >= 4 is 16.9 Å². The maximum absolute atomic E-state index is 12.7. The molecule has 1 aliphatic carbocycles. The maximum Gasteiger partial charge on any atom is 0.323 e. The molecule has 3 N–H and O–H groups in total. The summed E-state index contributed by atoms with van der Waals surface area (Å²) in [7, 11) is 0. The molecule has 2 heterocycles. The molecule has 1 aromatic carbocycles. The lowest BCUT2D eigenvalue weighted by molar-refractivity contribution is -0.134. The molecule has 2 aromatic rings. The van der Waals surface area contributed by atoms with Crippen molar-refractivity contribution in [2.24, 2.45) is 0 Å². The molecule has 1 aromatic heterocycles. The minimum atomic E-state index is -0.220. The Hall–Kier alpha value is -2.12. The van der Waals surface area contributed by atoms with Crippen LogP contribution >= 0.6 is 0 Å². The van der Waals surface area contributed by atoms with E-state index in [4.69, 9.17) is 4.74 Å². The molecule has 1 saturated carbocycles. The molecular formula is C18H24N4O3. The van der Waals surface area contributed by atoms with Gasteiger partial charge in [-0.3, -0.25) is 9.69 Å². The summed E-state index contributed by atoms with van der Waals surface area (Å²) >= 11 is 0. The minimum Gasteiger partial charge on any atom is -0.378 e. The van der Waals surface area contributed by atoms with Crippen molar-refractivity contribution in [2.75, 3.05) is 19.8 Å². The molecule has 1 unspecified atom stereocenters. The number of ether oxygens (including phenoxy) is 1. The van der Waals surface area contributed by atoms with E-state index in [-0.39, 0.29) is 17.6 Å². The van der Waals surface area contributed by atoms with Crippen LogP contribution in [0.2, 0.25) is 0 Å². The number of morpholine rings is 1. The number of imidazole rings is 1. The van der Waals surface area contributed by atoms with E-state index < -0.39 is 0 Å². The Kier molecular flexibility index (Phi) is 4.59. The number of carbonyl (C=O) groups excluding carboxylic acids is 1.